The van der Waals surface area contributed by atoms with Gasteiger partial charge in [-0.25, -0.2) is 0 Å². The van der Waals surface area contributed by atoms with Gasteiger partial charge in [-0.05, 0) is 58.8 Å². The van der Waals surface area contributed by atoms with Crippen molar-refractivity contribution in [1.29, 1.82) is 5.26 Å². The molecule has 3 unspecified atom stereocenters. The van der Waals surface area contributed by atoms with Crippen LogP contribution in [0.1, 0.15) is 65.7 Å². The van der Waals surface area contributed by atoms with Gasteiger partial charge in [-0.3, -0.25) is 5.32 Å². The molecule has 0 bridgehead atoms. The van der Waals surface area contributed by atoms with Crippen LogP contribution in [0.5, 0.6) is 0 Å². The molecule has 0 radical (unpaired) electrons. The molecule has 4 nitrogen and oxygen atoms in total. The van der Waals surface area contributed by atoms with Crippen molar-refractivity contribution in [2.45, 2.75) is 95.6 Å². The lowest BCUT2D eigenvalue weighted by Gasteiger charge is -2.32. The Bertz CT molecular complexity index is 354. The molecular weight excluding hydrogens is 264 g/mol. The second-order valence-electron chi connectivity index (χ2n) is 6.79. The highest BCUT2D eigenvalue weighted by Crippen LogP contribution is 2.27. The van der Waals surface area contributed by atoms with E-state index in [2.05, 4.69) is 32.2 Å². The summed E-state index contributed by atoms with van der Waals surface area (Å²) in [5.74, 6) is 0. The van der Waals surface area contributed by atoms with E-state index in [0.29, 0.717) is 24.4 Å². The van der Waals surface area contributed by atoms with Crippen LogP contribution in [-0.2, 0) is 9.47 Å². The lowest BCUT2D eigenvalue weighted by atomic mass is 9.92. The standard InChI is InChI=1S/C17H30N2O2/c1-4-17(12-18,19-15-6-7-15)8-5-9-20-16-10-13(2)21-14(3)11-16/h13-16,19H,4-11H2,1-3H3. The molecule has 0 aromatic rings. The Labute approximate surface area is 129 Å². The van der Waals surface area contributed by atoms with Gasteiger partial charge < -0.3 is 9.47 Å². The van der Waals surface area contributed by atoms with Crippen LogP contribution in [0.2, 0.25) is 0 Å². The first kappa shape index (κ1) is 16.7. The molecule has 1 aliphatic carbocycles. The van der Waals surface area contributed by atoms with Crippen LogP contribution in [0.3, 0.4) is 0 Å². The van der Waals surface area contributed by atoms with Crippen molar-refractivity contribution in [3.05, 3.63) is 0 Å². The van der Waals surface area contributed by atoms with Gasteiger partial charge in [0.25, 0.3) is 0 Å². The number of nitriles is 1. The molecule has 1 N–H and O–H groups in total. The van der Waals surface area contributed by atoms with Crippen molar-refractivity contribution < 1.29 is 9.47 Å². The van der Waals surface area contributed by atoms with Crippen molar-refractivity contribution >= 4 is 0 Å². The molecule has 2 fully saturated rings. The van der Waals surface area contributed by atoms with E-state index in [1.807, 2.05) is 0 Å². The van der Waals surface area contributed by atoms with Crippen LogP contribution < -0.4 is 5.32 Å². The molecule has 2 rings (SSSR count). The van der Waals surface area contributed by atoms with Gasteiger partial charge in [-0.15, -0.1) is 0 Å². The van der Waals surface area contributed by atoms with Gasteiger partial charge in [0, 0.05) is 12.6 Å². The van der Waals surface area contributed by atoms with Gasteiger partial charge in [0.15, 0.2) is 0 Å². The number of nitrogens with one attached hydrogen (secondary N) is 1. The fourth-order valence-electron chi connectivity index (χ4n) is 3.24. The third kappa shape index (κ3) is 5.25. The normalized spacial score (nSPS) is 32.4. The molecule has 1 heterocycles. The van der Waals surface area contributed by atoms with Crippen molar-refractivity contribution in [3.63, 3.8) is 0 Å². The van der Waals surface area contributed by atoms with E-state index in [-0.39, 0.29) is 5.54 Å². The van der Waals surface area contributed by atoms with Crippen LogP contribution in [0.15, 0.2) is 0 Å². The van der Waals surface area contributed by atoms with Crippen molar-refractivity contribution in [2.75, 3.05) is 6.61 Å². The molecular formula is C17H30N2O2. The van der Waals surface area contributed by atoms with Crippen LogP contribution >= 0.6 is 0 Å². The lowest BCUT2D eigenvalue weighted by Crippen LogP contribution is -2.45. The van der Waals surface area contributed by atoms with Gasteiger partial charge in [-0.2, -0.15) is 5.26 Å². The first-order valence-electron chi connectivity index (χ1n) is 8.53. The Morgan fingerprint density at radius 3 is 2.48 bits per heavy atom. The van der Waals surface area contributed by atoms with E-state index >= 15 is 0 Å². The molecule has 2 aliphatic rings. The highest BCUT2D eigenvalue weighted by molar-refractivity contribution is 5.09. The fraction of sp³-hybridized carbons (Fsp3) is 0.941. The first-order valence-corrected chi connectivity index (χ1v) is 8.53. The van der Waals surface area contributed by atoms with E-state index in [1.165, 1.54) is 12.8 Å². The maximum Gasteiger partial charge on any atom is 0.106 e. The molecule has 1 aliphatic heterocycles. The summed E-state index contributed by atoms with van der Waals surface area (Å²) < 4.78 is 11.7. The SMILES string of the molecule is CCC(C#N)(CCCOC1CC(C)OC(C)C1)NC1CC1. The van der Waals surface area contributed by atoms with Crippen molar-refractivity contribution in [3.8, 4) is 6.07 Å². The second kappa shape index (κ2) is 7.58. The molecule has 1 saturated heterocycles. The van der Waals surface area contributed by atoms with Crippen molar-refractivity contribution in [2.24, 2.45) is 0 Å². The lowest BCUT2D eigenvalue weighted by molar-refractivity contribution is -0.102. The maximum atomic E-state index is 9.50. The molecule has 3 atom stereocenters. The Hall–Kier alpha value is -0.630. The molecule has 120 valence electrons. The summed E-state index contributed by atoms with van der Waals surface area (Å²) in [6, 6.07) is 3.07. The highest BCUT2D eigenvalue weighted by atomic mass is 16.5. The summed E-state index contributed by atoms with van der Waals surface area (Å²) >= 11 is 0. The second-order valence-corrected chi connectivity index (χ2v) is 6.79. The first-order chi connectivity index (χ1) is 10.1. The zero-order valence-electron chi connectivity index (χ0n) is 13.7. The van der Waals surface area contributed by atoms with Crippen LogP contribution in [-0.4, -0.2) is 36.5 Å². The Morgan fingerprint density at radius 2 is 1.95 bits per heavy atom. The average molecular weight is 294 g/mol. The summed E-state index contributed by atoms with van der Waals surface area (Å²) in [7, 11) is 0. The van der Waals surface area contributed by atoms with Crippen molar-refractivity contribution in [1.82, 2.24) is 5.32 Å². The monoisotopic (exact) mass is 294 g/mol. The highest BCUT2D eigenvalue weighted by Gasteiger charge is 2.34. The molecule has 0 aromatic heterocycles. The summed E-state index contributed by atoms with van der Waals surface area (Å²) in [5, 5.41) is 13.0. The van der Waals surface area contributed by atoms with E-state index in [1.54, 1.807) is 0 Å². The molecule has 0 amide bonds. The van der Waals surface area contributed by atoms with Crippen LogP contribution in [0.25, 0.3) is 0 Å². The fourth-order valence-corrected chi connectivity index (χ4v) is 3.24. The van der Waals surface area contributed by atoms with Crippen LogP contribution in [0.4, 0.5) is 0 Å². The number of ether oxygens (including phenoxy) is 2. The van der Waals surface area contributed by atoms with E-state index < -0.39 is 0 Å². The summed E-state index contributed by atoms with van der Waals surface area (Å²) in [6.07, 6.45) is 8.02. The predicted molar refractivity (Wildman–Crippen MR) is 83.0 cm³/mol. The van der Waals surface area contributed by atoms with Gasteiger partial charge >= 0.3 is 0 Å². The van der Waals surface area contributed by atoms with Crippen LogP contribution in [0, 0.1) is 11.3 Å². The summed E-state index contributed by atoms with van der Waals surface area (Å²) in [4.78, 5) is 0. The minimum absolute atomic E-state index is 0.295. The van der Waals surface area contributed by atoms with Gasteiger partial charge in [0.2, 0.25) is 0 Å². The zero-order valence-corrected chi connectivity index (χ0v) is 13.7. The largest absolute Gasteiger partial charge is 0.378 e. The number of hydrogen-bond acceptors (Lipinski definition) is 4. The Kier molecular flexibility index (Phi) is 6.04. The summed E-state index contributed by atoms with van der Waals surface area (Å²) in [5.41, 5.74) is -0.346. The molecule has 0 spiro atoms. The maximum absolute atomic E-state index is 9.50. The minimum Gasteiger partial charge on any atom is -0.378 e. The van der Waals surface area contributed by atoms with E-state index in [4.69, 9.17) is 9.47 Å². The van der Waals surface area contributed by atoms with Gasteiger partial charge in [0.1, 0.15) is 5.54 Å². The Balaban J connectivity index is 1.68. The number of nitrogens with zero attached hydrogens (tertiary/aromatic N) is 1. The van der Waals surface area contributed by atoms with Gasteiger partial charge in [0.05, 0.1) is 24.4 Å². The third-order valence-corrected chi connectivity index (χ3v) is 4.63. The smallest absolute Gasteiger partial charge is 0.106 e. The quantitative estimate of drug-likeness (QED) is 0.699. The summed E-state index contributed by atoms with van der Waals surface area (Å²) in [6.45, 7) is 7.08. The zero-order chi connectivity index (χ0) is 15.3. The van der Waals surface area contributed by atoms with E-state index in [9.17, 15) is 5.26 Å². The predicted octanol–water partition coefficient (Wildman–Crippen LogP) is 3.16. The molecule has 4 heteroatoms. The number of hydrogen-bond donors (Lipinski definition) is 1. The third-order valence-electron chi connectivity index (χ3n) is 4.63. The van der Waals surface area contributed by atoms with Gasteiger partial charge in [-0.1, -0.05) is 6.92 Å². The molecule has 1 saturated carbocycles. The topological polar surface area (TPSA) is 54.3 Å². The molecule has 0 aromatic carbocycles. The molecule has 21 heavy (non-hydrogen) atoms. The average Bonchev–Trinajstić information content (AvgIpc) is 3.25. The minimum atomic E-state index is -0.346. The number of rotatable bonds is 8. The van der Waals surface area contributed by atoms with E-state index in [0.717, 1.165) is 38.7 Å². The Morgan fingerprint density at radius 1 is 1.29 bits per heavy atom.